The fourth-order valence-electron chi connectivity index (χ4n) is 4.04. The third-order valence-electron chi connectivity index (χ3n) is 5.93. The average Bonchev–Trinajstić information content (AvgIpc) is 2.67. The Bertz CT molecular complexity index is 516. The monoisotopic (exact) mass is 422 g/mol. The highest BCUT2D eigenvalue weighted by molar-refractivity contribution is 8.16. The summed E-state index contributed by atoms with van der Waals surface area (Å²) in [5.41, 5.74) is 2.54. The first-order valence-electron chi connectivity index (χ1n) is 12.4. The van der Waals surface area contributed by atoms with Gasteiger partial charge in [0, 0.05) is 5.75 Å². The highest BCUT2D eigenvalue weighted by Gasteiger charge is 2.19. The zero-order chi connectivity index (χ0) is 21.5. The van der Waals surface area contributed by atoms with Crippen LogP contribution in [0.5, 0.6) is 5.75 Å². The van der Waals surface area contributed by atoms with Gasteiger partial charge < -0.3 is 5.11 Å². The number of phenolic OH excluding ortho intramolecular Hbond substituents is 1. The van der Waals surface area contributed by atoms with Crippen molar-refractivity contribution in [2.75, 3.05) is 11.5 Å². The predicted octanol–water partition coefficient (Wildman–Crippen LogP) is 8.91. The lowest BCUT2D eigenvalue weighted by atomic mass is 9.85. The molecule has 0 aliphatic heterocycles. The van der Waals surface area contributed by atoms with Crippen molar-refractivity contribution in [1.82, 2.24) is 0 Å². The van der Waals surface area contributed by atoms with Crippen LogP contribution in [0, 0.1) is 0 Å². The van der Waals surface area contributed by atoms with Crippen LogP contribution in [0.15, 0.2) is 18.2 Å². The van der Waals surface area contributed by atoms with Crippen LogP contribution in [0.1, 0.15) is 123 Å². The van der Waals surface area contributed by atoms with Crippen molar-refractivity contribution < 1.29 is 5.11 Å². The molecule has 0 amide bonds. The molecule has 1 nitrogen and oxygen atoms in total. The van der Waals surface area contributed by atoms with Crippen molar-refractivity contribution in [3.63, 3.8) is 0 Å². The summed E-state index contributed by atoms with van der Waals surface area (Å²) in [7, 11) is 0.0746. The lowest BCUT2D eigenvalue weighted by Gasteiger charge is -2.25. The Labute approximate surface area is 185 Å². The first kappa shape index (κ1) is 26.4. The fraction of sp³-hybridized carbons (Fsp3) is 0.778. The van der Waals surface area contributed by atoms with E-state index in [1.807, 2.05) is 6.07 Å². The van der Waals surface area contributed by atoms with E-state index in [4.69, 9.17) is 0 Å². The molecule has 1 rings (SSSR count). The summed E-state index contributed by atoms with van der Waals surface area (Å²) in [5.74, 6) is 4.56. The first-order valence-corrected chi connectivity index (χ1v) is 14.3. The number of benzene rings is 1. The average molecular weight is 423 g/mol. The van der Waals surface area contributed by atoms with E-state index in [0.29, 0.717) is 5.75 Å². The maximum Gasteiger partial charge on any atom is 0.119 e. The van der Waals surface area contributed by atoms with Crippen LogP contribution in [-0.4, -0.2) is 16.6 Å². The van der Waals surface area contributed by atoms with Gasteiger partial charge in [0.2, 0.25) is 0 Å². The Hall–Kier alpha value is -0.630. The van der Waals surface area contributed by atoms with Crippen LogP contribution in [-0.2, 0) is 11.2 Å². The number of phenols is 1. The lowest BCUT2D eigenvalue weighted by Crippen LogP contribution is -2.12. The van der Waals surface area contributed by atoms with Gasteiger partial charge in [-0.2, -0.15) is 0 Å². The third-order valence-corrected chi connectivity index (χ3v) is 8.64. The predicted molar refractivity (Wildman–Crippen MR) is 136 cm³/mol. The number of hydrogen-bond acceptors (Lipinski definition) is 1. The first-order chi connectivity index (χ1) is 13.9. The van der Waals surface area contributed by atoms with E-state index < -0.39 is 0 Å². The largest absolute Gasteiger partial charge is 0.508 e. The molecule has 0 aromatic heterocycles. The molecule has 0 bridgehead atoms. The normalized spacial score (nSPS) is 12.4. The molecule has 0 atom stereocenters. The molecule has 0 unspecified atom stereocenters. The third kappa shape index (κ3) is 12.0. The molecule has 0 radical (unpaired) electrons. The number of aromatic hydroxyl groups is 1. The minimum atomic E-state index is 0.00139. The highest BCUT2D eigenvalue weighted by Crippen LogP contribution is 2.37. The second-order valence-corrected chi connectivity index (χ2v) is 12.5. The van der Waals surface area contributed by atoms with E-state index >= 15 is 0 Å². The summed E-state index contributed by atoms with van der Waals surface area (Å²) in [6.07, 6.45) is 16.8. The molecule has 1 N–H and O–H groups in total. The number of hydrogen-bond donors (Lipinski definition) is 2. The van der Waals surface area contributed by atoms with Gasteiger partial charge in [-0.1, -0.05) is 111 Å². The highest BCUT2D eigenvalue weighted by atomic mass is 32.2. The van der Waals surface area contributed by atoms with E-state index in [0.717, 1.165) is 5.56 Å². The van der Waals surface area contributed by atoms with E-state index in [9.17, 15) is 5.11 Å². The maximum atomic E-state index is 10.3. The SMILES string of the molecule is CCCCCCCC[SH](CCCCCCCC)Cc1ccc(O)c(C(C)(C)C)c1. The smallest absolute Gasteiger partial charge is 0.119 e. The molecule has 1 aromatic rings. The summed E-state index contributed by atoms with van der Waals surface area (Å²) in [6, 6.07) is 6.38. The van der Waals surface area contributed by atoms with Crippen LogP contribution < -0.4 is 0 Å². The van der Waals surface area contributed by atoms with Gasteiger partial charge in [0.25, 0.3) is 0 Å². The Morgan fingerprint density at radius 3 is 1.69 bits per heavy atom. The molecular formula is C27H50OS. The van der Waals surface area contributed by atoms with E-state index in [1.165, 1.54) is 99.9 Å². The summed E-state index contributed by atoms with van der Waals surface area (Å²) >= 11 is 0. The minimum Gasteiger partial charge on any atom is -0.508 e. The van der Waals surface area contributed by atoms with Gasteiger partial charge in [0.1, 0.15) is 5.75 Å². The van der Waals surface area contributed by atoms with Crippen LogP contribution in [0.4, 0.5) is 0 Å². The Balaban J connectivity index is 2.59. The van der Waals surface area contributed by atoms with Crippen molar-refractivity contribution in [1.29, 1.82) is 0 Å². The number of rotatable bonds is 16. The molecule has 0 saturated heterocycles. The molecule has 0 fully saturated rings. The molecule has 2 heteroatoms. The van der Waals surface area contributed by atoms with Crippen molar-refractivity contribution in [2.24, 2.45) is 0 Å². The molecule has 1 aromatic carbocycles. The molecule has 0 aliphatic rings. The molecule has 0 heterocycles. The van der Waals surface area contributed by atoms with Gasteiger partial charge in [-0.15, -0.1) is 0 Å². The Morgan fingerprint density at radius 1 is 0.724 bits per heavy atom. The molecule has 0 aliphatic carbocycles. The quantitative estimate of drug-likeness (QED) is 0.201. The zero-order valence-electron chi connectivity index (χ0n) is 20.2. The molecule has 0 spiro atoms. The maximum absolute atomic E-state index is 10.3. The van der Waals surface area contributed by atoms with Gasteiger partial charge >= 0.3 is 0 Å². The van der Waals surface area contributed by atoms with Crippen LogP contribution >= 0.6 is 10.9 Å². The van der Waals surface area contributed by atoms with Crippen molar-refractivity contribution in [3.05, 3.63) is 29.3 Å². The molecule has 29 heavy (non-hydrogen) atoms. The van der Waals surface area contributed by atoms with E-state index in [-0.39, 0.29) is 16.3 Å². The summed E-state index contributed by atoms with van der Waals surface area (Å²) in [4.78, 5) is 0. The second-order valence-electron chi connectivity index (χ2n) is 9.91. The van der Waals surface area contributed by atoms with Crippen LogP contribution in [0.25, 0.3) is 0 Å². The summed E-state index contributed by atoms with van der Waals surface area (Å²) < 4.78 is 0. The van der Waals surface area contributed by atoms with Gasteiger partial charge in [0.15, 0.2) is 0 Å². The van der Waals surface area contributed by atoms with Gasteiger partial charge in [0.05, 0.1) is 0 Å². The Morgan fingerprint density at radius 2 is 1.21 bits per heavy atom. The van der Waals surface area contributed by atoms with Crippen molar-refractivity contribution >= 4 is 10.9 Å². The Kier molecular flexibility index (Phi) is 13.9. The van der Waals surface area contributed by atoms with Crippen LogP contribution in [0.3, 0.4) is 0 Å². The van der Waals surface area contributed by atoms with Gasteiger partial charge in [-0.25, -0.2) is 10.9 Å². The minimum absolute atomic E-state index is 0.00139. The summed E-state index contributed by atoms with van der Waals surface area (Å²) in [6.45, 7) is 11.2. The molecular weight excluding hydrogens is 372 g/mol. The topological polar surface area (TPSA) is 20.2 Å². The summed E-state index contributed by atoms with van der Waals surface area (Å²) in [5, 5.41) is 10.3. The standard InChI is InChI=1S/C27H50OS/c1-6-8-10-12-14-16-20-29(21-17-15-13-11-9-7-2)23-24-18-19-26(28)25(22-24)27(3,4)5/h18-19,22,28-29H,6-17,20-21,23H2,1-5H3. The van der Waals surface area contributed by atoms with E-state index in [1.54, 1.807) is 0 Å². The number of thiol groups is 1. The van der Waals surface area contributed by atoms with Crippen LogP contribution in [0.2, 0.25) is 0 Å². The lowest BCUT2D eigenvalue weighted by molar-refractivity contribution is 0.446. The fourth-order valence-corrected chi connectivity index (χ4v) is 6.64. The second kappa shape index (κ2) is 15.2. The van der Waals surface area contributed by atoms with E-state index in [2.05, 4.69) is 46.8 Å². The van der Waals surface area contributed by atoms with Gasteiger partial charge in [-0.05, 0) is 47.0 Å². The molecule has 0 saturated carbocycles. The van der Waals surface area contributed by atoms with Crippen molar-refractivity contribution in [3.8, 4) is 5.75 Å². The van der Waals surface area contributed by atoms with Gasteiger partial charge in [-0.3, -0.25) is 0 Å². The number of unbranched alkanes of at least 4 members (excludes halogenated alkanes) is 10. The zero-order valence-corrected chi connectivity index (χ0v) is 21.1. The molecule has 170 valence electrons. The van der Waals surface area contributed by atoms with Crippen molar-refractivity contribution in [2.45, 2.75) is 123 Å².